The smallest absolute Gasteiger partial charge is 0.235 e. The molecule has 1 rings (SSSR count). The third-order valence-electron chi connectivity index (χ3n) is 2.51. The van der Waals surface area contributed by atoms with Gasteiger partial charge in [-0.15, -0.1) is 0 Å². The molecule has 4 N–H and O–H groups in total. The van der Waals surface area contributed by atoms with Gasteiger partial charge in [0.15, 0.2) is 0 Å². The fraction of sp³-hybridized carbons (Fsp3) is 0.417. The standard InChI is InChI=1S/C12H19N3O2/c1-15(8-10(13)12(14)16)7-9-5-3-4-6-11(9)17-2/h3-6,10H,7-8,13H2,1-2H3,(H2,14,16). The summed E-state index contributed by atoms with van der Waals surface area (Å²) >= 11 is 0. The Labute approximate surface area is 101 Å². The van der Waals surface area contributed by atoms with Crippen LogP contribution in [0.5, 0.6) is 5.75 Å². The molecule has 0 aromatic heterocycles. The Kier molecular flexibility index (Phi) is 4.93. The number of carbonyl (C=O) groups is 1. The van der Waals surface area contributed by atoms with Crippen molar-refractivity contribution in [3.63, 3.8) is 0 Å². The van der Waals surface area contributed by atoms with Crippen LogP contribution in [0.1, 0.15) is 5.56 Å². The average molecular weight is 237 g/mol. The predicted octanol–water partition coefficient (Wildman–Crippen LogP) is -0.0604. The van der Waals surface area contributed by atoms with E-state index < -0.39 is 11.9 Å². The van der Waals surface area contributed by atoms with Gasteiger partial charge in [-0.2, -0.15) is 0 Å². The van der Waals surface area contributed by atoms with Crippen molar-refractivity contribution in [2.75, 3.05) is 20.7 Å². The van der Waals surface area contributed by atoms with Crippen LogP contribution in [-0.2, 0) is 11.3 Å². The normalized spacial score (nSPS) is 12.5. The summed E-state index contributed by atoms with van der Waals surface area (Å²) in [6.45, 7) is 1.08. The maximum Gasteiger partial charge on any atom is 0.235 e. The number of hydrogen-bond acceptors (Lipinski definition) is 4. The van der Waals surface area contributed by atoms with Crippen LogP contribution in [0.4, 0.5) is 0 Å². The minimum Gasteiger partial charge on any atom is -0.496 e. The highest BCUT2D eigenvalue weighted by molar-refractivity contribution is 5.79. The summed E-state index contributed by atoms with van der Waals surface area (Å²) in [5.41, 5.74) is 11.8. The molecule has 17 heavy (non-hydrogen) atoms. The molecule has 5 nitrogen and oxygen atoms in total. The number of nitrogens with two attached hydrogens (primary N) is 2. The van der Waals surface area contributed by atoms with E-state index in [-0.39, 0.29) is 0 Å². The number of benzene rings is 1. The molecule has 0 spiro atoms. The lowest BCUT2D eigenvalue weighted by molar-refractivity contribution is -0.119. The Bertz CT molecular complexity index is 382. The quantitative estimate of drug-likeness (QED) is 0.726. The Morgan fingerprint density at radius 3 is 2.71 bits per heavy atom. The van der Waals surface area contributed by atoms with Gasteiger partial charge in [-0.1, -0.05) is 18.2 Å². The monoisotopic (exact) mass is 237 g/mol. The van der Waals surface area contributed by atoms with E-state index in [1.807, 2.05) is 36.2 Å². The van der Waals surface area contributed by atoms with E-state index in [0.29, 0.717) is 13.1 Å². The second kappa shape index (κ2) is 6.22. The Hall–Kier alpha value is -1.59. The van der Waals surface area contributed by atoms with E-state index in [9.17, 15) is 4.79 Å². The number of primary amides is 1. The maximum absolute atomic E-state index is 10.9. The maximum atomic E-state index is 10.9. The molecule has 94 valence electrons. The summed E-state index contributed by atoms with van der Waals surface area (Å²) in [5, 5.41) is 0. The molecule has 0 aliphatic carbocycles. The lowest BCUT2D eigenvalue weighted by atomic mass is 10.2. The second-order valence-electron chi connectivity index (χ2n) is 4.02. The molecule has 0 saturated heterocycles. The summed E-state index contributed by atoms with van der Waals surface area (Å²) in [4.78, 5) is 12.8. The van der Waals surface area contributed by atoms with Gasteiger partial charge in [0.05, 0.1) is 13.2 Å². The molecule has 0 fully saturated rings. The molecular weight excluding hydrogens is 218 g/mol. The van der Waals surface area contributed by atoms with Crippen LogP contribution in [0.15, 0.2) is 24.3 Å². The Balaban J connectivity index is 2.61. The number of hydrogen-bond donors (Lipinski definition) is 2. The van der Waals surface area contributed by atoms with Crippen LogP contribution in [0.3, 0.4) is 0 Å². The molecule has 0 heterocycles. The molecule has 5 heteroatoms. The van der Waals surface area contributed by atoms with E-state index in [0.717, 1.165) is 11.3 Å². The van der Waals surface area contributed by atoms with E-state index >= 15 is 0 Å². The minimum atomic E-state index is -0.644. The first-order valence-corrected chi connectivity index (χ1v) is 5.40. The molecule has 0 radical (unpaired) electrons. The number of amides is 1. The van der Waals surface area contributed by atoms with Gasteiger partial charge < -0.3 is 16.2 Å². The highest BCUT2D eigenvalue weighted by atomic mass is 16.5. The summed E-state index contributed by atoms with van der Waals surface area (Å²) in [5.74, 6) is 0.337. The molecule has 0 saturated carbocycles. The van der Waals surface area contributed by atoms with E-state index in [4.69, 9.17) is 16.2 Å². The fourth-order valence-electron chi connectivity index (χ4n) is 1.61. The van der Waals surface area contributed by atoms with Crippen molar-refractivity contribution in [2.45, 2.75) is 12.6 Å². The predicted molar refractivity (Wildman–Crippen MR) is 66.5 cm³/mol. The van der Waals surface area contributed by atoms with Crippen molar-refractivity contribution in [1.29, 1.82) is 0 Å². The lowest BCUT2D eigenvalue weighted by Crippen LogP contribution is -2.44. The summed E-state index contributed by atoms with van der Waals surface area (Å²) < 4.78 is 5.25. The van der Waals surface area contributed by atoms with Gasteiger partial charge >= 0.3 is 0 Å². The third-order valence-corrected chi connectivity index (χ3v) is 2.51. The fourth-order valence-corrected chi connectivity index (χ4v) is 1.61. The highest BCUT2D eigenvalue weighted by Crippen LogP contribution is 2.18. The number of likely N-dealkylation sites (N-methyl/N-ethyl adjacent to an activating group) is 1. The van der Waals surface area contributed by atoms with Gasteiger partial charge in [0.1, 0.15) is 5.75 Å². The molecule has 0 bridgehead atoms. The number of carbonyl (C=O) groups excluding carboxylic acids is 1. The molecule has 1 atom stereocenters. The molecular formula is C12H19N3O2. The summed E-state index contributed by atoms with van der Waals surface area (Å²) in [6.07, 6.45) is 0. The van der Waals surface area contributed by atoms with Gasteiger partial charge in [0.25, 0.3) is 0 Å². The number of ether oxygens (including phenoxy) is 1. The molecule has 1 aromatic rings. The molecule has 1 amide bonds. The summed E-state index contributed by atoms with van der Waals surface area (Å²) in [6, 6.07) is 7.09. The minimum absolute atomic E-state index is 0.424. The zero-order chi connectivity index (χ0) is 12.8. The number of methoxy groups -OCH3 is 1. The topological polar surface area (TPSA) is 81.6 Å². The zero-order valence-electron chi connectivity index (χ0n) is 10.2. The third kappa shape index (κ3) is 4.05. The van der Waals surface area contributed by atoms with Gasteiger partial charge in [0, 0.05) is 18.7 Å². The summed E-state index contributed by atoms with van der Waals surface area (Å²) in [7, 11) is 3.52. The first-order chi connectivity index (χ1) is 8.04. The molecule has 1 aromatic carbocycles. The first-order valence-electron chi connectivity index (χ1n) is 5.40. The molecule has 0 aliphatic heterocycles. The van der Waals surface area contributed by atoms with E-state index in [1.165, 1.54) is 0 Å². The Morgan fingerprint density at radius 2 is 2.12 bits per heavy atom. The SMILES string of the molecule is COc1ccccc1CN(C)CC(N)C(N)=O. The van der Waals surface area contributed by atoms with Crippen molar-refractivity contribution in [3.05, 3.63) is 29.8 Å². The lowest BCUT2D eigenvalue weighted by Gasteiger charge is -2.20. The largest absolute Gasteiger partial charge is 0.496 e. The van der Waals surface area contributed by atoms with E-state index in [2.05, 4.69) is 0 Å². The first kappa shape index (κ1) is 13.5. The zero-order valence-corrected chi connectivity index (χ0v) is 10.2. The van der Waals surface area contributed by atoms with Crippen LogP contribution in [0.2, 0.25) is 0 Å². The van der Waals surface area contributed by atoms with Crippen molar-refractivity contribution < 1.29 is 9.53 Å². The second-order valence-corrected chi connectivity index (χ2v) is 4.02. The van der Waals surface area contributed by atoms with Gasteiger partial charge in [-0.3, -0.25) is 9.69 Å². The average Bonchev–Trinajstić information content (AvgIpc) is 2.29. The number of para-hydroxylation sites is 1. The van der Waals surface area contributed by atoms with Crippen LogP contribution < -0.4 is 16.2 Å². The Morgan fingerprint density at radius 1 is 1.47 bits per heavy atom. The highest BCUT2D eigenvalue weighted by Gasteiger charge is 2.13. The van der Waals surface area contributed by atoms with Crippen molar-refractivity contribution in [1.82, 2.24) is 4.90 Å². The van der Waals surface area contributed by atoms with Gasteiger partial charge in [-0.25, -0.2) is 0 Å². The van der Waals surface area contributed by atoms with Crippen LogP contribution in [-0.4, -0.2) is 37.6 Å². The van der Waals surface area contributed by atoms with Crippen molar-refractivity contribution >= 4 is 5.91 Å². The van der Waals surface area contributed by atoms with Crippen LogP contribution in [0, 0.1) is 0 Å². The van der Waals surface area contributed by atoms with Crippen LogP contribution >= 0.6 is 0 Å². The van der Waals surface area contributed by atoms with E-state index in [1.54, 1.807) is 7.11 Å². The van der Waals surface area contributed by atoms with Gasteiger partial charge in [-0.05, 0) is 13.1 Å². The molecule has 0 aliphatic rings. The number of rotatable bonds is 6. The van der Waals surface area contributed by atoms with Gasteiger partial charge in [0.2, 0.25) is 5.91 Å². The van der Waals surface area contributed by atoms with Crippen molar-refractivity contribution in [2.24, 2.45) is 11.5 Å². The number of nitrogens with zero attached hydrogens (tertiary/aromatic N) is 1. The van der Waals surface area contributed by atoms with Crippen molar-refractivity contribution in [3.8, 4) is 5.75 Å². The van der Waals surface area contributed by atoms with Crippen LogP contribution in [0.25, 0.3) is 0 Å². The molecule has 1 unspecified atom stereocenters.